The molecule has 1 atom stereocenters. The number of amides is 3. The molecule has 88 valence electrons. The fraction of sp³-hybridized carbons (Fsp3) is 0.700. The molecule has 0 aromatic heterocycles. The van der Waals surface area contributed by atoms with Gasteiger partial charge in [0.05, 0.1) is 0 Å². The predicted octanol–water partition coefficient (Wildman–Crippen LogP) is 0.324. The SMILES string of the molecule is C[C@H](C(=O)O)N1C(=O)NC2(CCCC2)C1=O. The lowest BCUT2D eigenvalue weighted by Gasteiger charge is -2.21. The van der Waals surface area contributed by atoms with Crippen LogP contribution in [0.5, 0.6) is 0 Å². The molecule has 1 aliphatic carbocycles. The fourth-order valence-electron chi connectivity index (χ4n) is 2.42. The fourth-order valence-corrected chi connectivity index (χ4v) is 2.42. The third-order valence-electron chi connectivity index (χ3n) is 3.39. The Morgan fingerprint density at radius 1 is 1.44 bits per heavy atom. The lowest BCUT2D eigenvalue weighted by molar-refractivity contribution is -0.147. The van der Waals surface area contributed by atoms with Crippen LogP contribution in [-0.2, 0) is 9.59 Å². The molecule has 0 bridgehead atoms. The van der Waals surface area contributed by atoms with Crippen LogP contribution in [-0.4, -0.2) is 39.5 Å². The van der Waals surface area contributed by atoms with Gasteiger partial charge in [0.15, 0.2) is 0 Å². The quantitative estimate of drug-likeness (QED) is 0.664. The number of urea groups is 1. The van der Waals surface area contributed by atoms with Crippen molar-refractivity contribution in [3.63, 3.8) is 0 Å². The van der Waals surface area contributed by atoms with Crippen molar-refractivity contribution in [2.24, 2.45) is 0 Å². The Bertz CT molecular complexity index is 360. The van der Waals surface area contributed by atoms with E-state index in [9.17, 15) is 14.4 Å². The highest BCUT2D eigenvalue weighted by atomic mass is 16.4. The van der Waals surface area contributed by atoms with E-state index in [-0.39, 0.29) is 5.91 Å². The minimum atomic E-state index is -1.17. The summed E-state index contributed by atoms with van der Waals surface area (Å²) in [6, 6.07) is -1.69. The molecule has 0 aromatic rings. The van der Waals surface area contributed by atoms with Gasteiger partial charge in [-0.2, -0.15) is 0 Å². The number of nitrogens with one attached hydrogen (secondary N) is 1. The summed E-state index contributed by atoms with van der Waals surface area (Å²) >= 11 is 0. The van der Waals surface area contributed by atoms with Gasteiger partial charge in [0.1, 0.15) is 11.6 Å². The molecular formula is C10H14N2O4. The van der Waals surface area contributed by atoms with Crippen molar-refractivity contribution in [1.82, 2.24) is 10.2 Å². The number of carboxylic acids is 1. The summed E-state index contributed by atoms with van der Waals surface area (Å²) in [7, 11) is 0. The molecule has 0 radical (unpaired) electrons. The van der Waals surface area contributed by atoms with Crippen molar-refractivity contribution in [3.8, 4) is 0 Å². The topological polar surface area (TPSA) is 86.7 Å². The molecular weight excluding hydrogens is 212 g/mol. The van der Waals surface area contributed by atoms with Crippen molar-refractivity contribution in [1.29, 1.82) is 0 Å². The molecule has 2 fully saturated rings. The number of aliphatic carboxylic acids is 1. The van der Waals surface area contributed by atoms with Gasteiger partial charge in [0.25, 0.3) is 5.91 Å². The van der Waals surface area contributed by atoms with E-state index >= 15 is 0 Å². The second-order valence-electron chi connectivity index (χ2n) is 4.41. The van der Waals surface area contributed by atoms with E-state index in [0.29, 0.717) is 12.8 Å². The second-order valence-corrected chi connectivity index (χ2v) is 4.41. The van der Waals surface area contributed by atoms with Crippen LogP contribution >= 0.6 is 0 Å². The third-order valence-corrected chi connectivity index (χ3v) is 3.39. The van der Waals surface area contributed by atoms with Crippen LogP contribution in [0.4, 0.5) is 4.79 Å². The Hall–Kier alpha value is -1.59. The first-order chi connectivity index (χ1) is 7.48. The Morgan fingerprint density at radius 3 is 2.50 bits per heavy atom. The molecule has 1 aliphatic heterocycles. The minimum absolute atomic E-state index is 0.384. The van der Waals surface area contributed by atoms with E-state index in [0.717, 1.165) is 17.7 Å². The summed E-state index contributed by atoms with van der Waals surface area (Å²) in [4.78, 5) is 35.3. The van der Waals surface area contributed by atoms with Crippen LogP contribution < -0.4 is 5.32 Å². The number of hydrogen-bond acceptors (Lipinski definition) is 3. The Morgan fingerprint density at radius 2 is 2.00 bits per heavy atom. The van der Waals surface area contributed by atoms with Crippen LogP contribution in [0.2, 0.25) is 0 Å². The number of carboxylic acid groups (broad SMARTS) is 1. The van der Waals surface area contributed by atoms with Gasteiger partial charge in [-0.15, -0.1) is 0 Å². The third kappa shape index (κ3) is 1.36. The Kier molecular flexibility index (Phi) is 2.36. The first-order valence-electron chi connectivity index (χ1n) is 5.36. The number of carbonyl (C=O) groups excluding carboxylic acids is 2. The van der Waals surface area contributed by atoms with Gasteiger partial charge < -0.3 is 10.4 Å². The van der Waals surface area contributed by atoms with Crippen LogP contribution in [0.1, 0.15) is 32.6 Å². The van der Waals surface area contributed by atoms with E-state index < -0.39 is 23.6 Å². The lowest BCUT2D eigenvalue weighted by Crippen LogP contribution is -2.46. The van der Waals surface area contributed by atoms with Gasteiger partial charge in [-0.1, -0.05) is 12.8 Å². The zero-order chi connectivity index (χ0) is 11.9. The summed E-state index contributed by atoms with van der Waals surface area (Å²) in [5.41, 5.74) is -0.819. The van der Waals surface area contributed by atoms with E-state index in [4.69, 9.17) is 5.11 Å². The molecule has 2 aliphatic rings. The van der Waals surface area contributed by atoms with Crippen molar-refractivity contribution in [3.05, 3.63) is 0 Å². The molecule has 0 aromatic carbocycles. The van der Waals surface area contributed by atoms with Gasteiger partial charge in [-0.3, -0.25) is 4.79 Å². The van der Waals surface area contributed by atoms with Crippen molar-refractivity contribution >= 4 is 17.9 Å². The van der Waals surface area contributed by atoms with Gasteiger partial charge in [-0.25, -0.2) is 14.5 Å². The maximum atomic E-state index is 12.1. The Balaban J connectivity index is 2.26. The normalized spacial score (nSPS) is 24.9. The predicted molar refractivity (Wildman–Crippen MR) is 53.7 cm³/mol. The van der Waals surface area contributed by atoms with Gasteiger partial charge >= 0.3 is 12.0 Å². The molecule has 6 nitrogen and oxygen atoms in total. The molecule has 2 rings (SSSR count). The number of carbonyl (C=O) groups is 3. The molecule has 6 heteroatoms. The molecule has 3 amide bonds. The van der Waals surface area contributed by atoms with Crippen molar-refractivity contribution in [2.75, 3.05) is 0 Å². The van der Waals surface area contributed by atoms with Crippen LogP contribution in [0.25, 0.3) is 0 Å². The minimum Gasteiger partial charge on any atom is -0.480 e. The monoisotopic (exact) mass is 226 g/mol. The molecule has 1 heterocycles. The first kappa shape index (κ1) is 10.9. The molecule has 16 heavy (non-hydrogen) atoms. The molecule has 2 N–H and O–H groups in total. The van der Waals surface area contributed by atoms with Crippen LogP contribution in [0.15, 0.2) is 0 Å². The molecule has 1 spiro atoms. The highest BCUT2D eigenvalue weighted by Crippen LogP contribution is 2.35. The summed E-state index contributed by atoms with van der Waals surface area (Å²) in [6.07, 6.45) is 3.00. The standard InChI is InChI=1S/C10H14N2O4/c1-6(7(13)14)12-8(15)10(11-9(12)16)4-2-3-5-10/h6H,2-5H2,1H3,(H,11,16)(H,13,14)/t6-/m1/s1. The molecule has 0 unspecified atom stereocenters. The smallest absolute Gasteiger partial charge is 0.326 e. The number of rotatable bonds is 2. The van der Waals surface area contributed by atoms with Gasteiger partial charge in [0, 0.05) is 0 Å². The van der Waals surface area contributed by atoms with E-state index in [1.165, 1.54) is 6.92 Å². The first-order valence-corrected chi connectivity index (χ1v) is 5.36. The average molecular weight is 226 g/mol. The number of hydrogen-bond donors (Lipinski definition) is 2. The maximum Gasteiger partial charge on any atom is 0.326 e. The zero-order valence-corrected chi connectivity index (χ0v) is 9.02. The number of nitrogens with zero attached hydrogens (tertiary/aromatic N) is 1. The van der Waals surface area contributed by atoms with Crippen molar-refractivity contribution in [2.45, 2.75) is 44.2 Å². The van der Waals surface area contributed by atoms with Gasteiger partial charge in [0.2, 0.25) is 0 Å². The summed E-state index contributed by atoms with van der Waals surface area (Å²) in [6.45, 7) is 1.34. The maximum absolute atomic E-state index is 12.1. The highest BCUT2D eigenvalue weighted by molar-refractivity contribution is 6.09. The van der Waals surface area contributed by atoms with E-state index in [1.54, 1.807) is 0 Å². The van der Waals surface area contributed by atoms with E-state index in [2.05, 4.69) is 5.32 Å². The summed E-state index contributed by atoms with van der Waals surface area (Å²) < 4.78 is 0. The summed E-state index contributed by atoms with van der Waals surface area (Å²) in [5, 5.41) is 11.5. The highest BCUT2D eigenvalue weighted by Gasteiger charge is 2.54. The van der Waals surface area contributed by atoms with Crippen LogP contribution in [0, 0.1) is 0 Å². The average Bonchev–Trinajstić information content (AvgIpc) is 2.75. The largest absolute Gasteiger partial charge is 0.480 e. The summed E-state index contributed by atoms with van der Waals surface area (Å²) in [5.74, 6) is -1.55. The Labute approximate surface area is 92.6 Å². The van der Waals surface area contributed by atoms with Gasteiger partial charge in [-0.05, 0) is 19.8 Å². The molecule has 1 saturated carbocycles. The molecule has 1 saturated heterocycles. The van der Waals surface area contributed by atoms with Crippen LogP contribution in [0.3, 0.4) is 0 Å². The number of imide groups is 1. The zero-order valence-electron chi connectivity index (χ0n) is 9.02. The second kappa shape index (κ2) is 3.47. The van der Waals surface area contributed by atoms with Crippen molar-refractivity contribution < 1.29 is 19.5 Å². The lowest BCUT2D eigenvalue weighted by atomic mass is 9.98. The van der Waals surface area contributed by atoms with E-state index in [1.807, 2.05) is 0 Å².